The smallest absolute Gasteiger partial charge is 0.145 e. The molecule has 0 spiro atoms. The van der Waals surface area contributed by atoms with Crippen molar-refractivity contribution in [3.05, 3.63) is 54.7 Å². The Morgan fingerprint density at radius 1 is 1.11 bits per heavy atom. The largest absolute Gasteiger partial charge is 0.494 e. The summed E-state index contributed by atoms with van der Waals surface area (Å²) in [7, 11) is 1.59. The van der Waals surface area contributed by atoms with E-state index in [1.165, 1.54) is 18.5 Å². The number of aromatic nitrogens is 2. The van der Waals surface area contributed by atoms with Crippen LogP contribution in [-0.4, -0.2) is 17.1 Å². The molecule has 3 nitrogen and oxygen atoms in total. The van der Waals surface area contributed by atoms with Gasteiger partial charge in [-0.05, 0) is 35.4 Å². The topological polar surface area (TPSA) is 35.0 Å². The Labute approximate surface area is 109 Å². The molecule has 0 aliphatic carbocycles. The molecule has 0 saturated heterocycles. The van der Waals surface area contributed by atoms with Gasteiger partial charge in [0.15, 0.2) is 0 Å². The average Bonchev–Trinajstić information content (AvgIpc) is 2.46. The highest BCUT2D eigenvalue weighted by atomic mass is 19.1. The van der Waals surface area contributed by atoms with E-state index < -0.39 is 0 Å². The van der Waals surface area contributed by atoms with Gasteiger partial charge in [-0.25, -0.2) is 14.4 Å². The van der Waals surface area contributed by atoms with E-state index in [1.54, 1.807) is 19.4 Å². The number of fused-ring (bicyclic) bond motifs is 1. The van der Waals surface area contributed by atoms with Crippen molar-refractivity contribution in [2.75, 3.05) is 7.11 Å². The van der Waals surface area contributed by atoms with Crippen molar-refractivity contribution in [1.29, 1.82) is 0 Å². The lowest BCUT2D eigenvalue weighted by atomic mass is 10.0. The van der Waals surface area contributed by atoms with E-state index in [9.17, 15) is 4.39 Å². The van der Waals surface area contributed by atoms with Crippen molar-refractivity contribution in [2.24, 2.45) is 0 Å². The molecule has 0 atom stereocenters. The third-order valence-corrected chi connectivity index (χ3v) is 2.95. The van der Waals surface area contributed by atoms with Crippen molar-refractivity contribution in [3.63, 3.8) is 0 Å². The zero-order valence-corrected chi connectivity index (χ0v) is 10.3. The molecule has 1 heterocycles. The predicted octanol–water partition coefficient (Wildman–Crippen LogP) is 3.44. The zero-order chi connectivity index (χ0) is 13.2. The van der Waals surface area contributed by atoms with E-state index in [1.807, 2.05) is 18.2 Å². The first-order valence-electron chi connectivity index (χ1n) is 5.81. The highest BCUT2D eigenvalue weighted by molar-refractivity contribution is 5.89. The monoisotopic (exact) mass is 254 g/mol. The van der Waals surface area contributed by atoms with Crippen LogP contribution in [-0.2, 0) is 0 Å². The van der Waals surface area contributed by atoms with Crippen molar-refractivity contribution in [2.45, 2.75) is 0 Å². The summed E-state index contributed by atoms with van der Waals surface area (Å²) in [6, 6.07) is 10.2. The minimum Gasteiger partial charge on any atom is -0.494 e. The maximum atomic E-state index is 13.3. The van der Waals surface area contributed by atoms with Crippen molar-refractivity contribution >= 4 is 10.9 Å². The maximum Gasteiger partial charge on any atom is 0.145 e. The molecule has 0 amide bonds. The summed E-state index contributed by atoms with van der Waals surface area (Å²) in [5.74, 6) is 0.389. The first kappa shape index (κ1) is 11.6. The molecule has 0 aliphatic rings. The number of hydrogen-bond donors (Lipinski definition) is 0. The highest BCUT2D eigenvalue weighted by Crippen LogP contribution is 2.30. The summed E-state index contributed by atoms with van der Waals surface area (Å²) in [6.45, 7) is 0. The van der Waals surface area contributed by atoms with Crippen LogP contribution in [0.25, 0.3) is 22.0 Å². The molecule has 0 bridgehead atoms. The number of halogens is 1. The van der Waals surface area contributed by atoms with E-state index >= 15 is 0 Å². The lowest BCUT2D eigenvalue weighted by Gasteiger charge is -2.08. The van der Waals surface area contributed by atoms with Gasteiger partial charge < -0.3 is 4.74 Å². The standard InChI is InChI=1S/C15H11FN2O/c1-19-14-7-11(10-3-2-4-13(16)6-10)5-12-8-17-9-18-15(12)14/h2-9H,1H3. The van der Waals surface area contributed by atoms with Gasteiger partial charge in [0.25, 0.3) is 0 Å². The molecule has 0 unspecified atom stereocenters. The summed E-state index contributed by atoms with van der Waals surface area (Å²) in [5.41, 5.74) is 2.42. The summed E-state index contributed by atoms with van der Waals surface area (Å²) >= 11 is 0. The van der Waals surface area contributed by atoms with Gasteiger partial charge in [0, 0.05) is 11.6 Å². The number of ether oxygens (including phenoxy) is 1. The average molecular weight is 254 g/mol. The minimum absolute atomic E-state index is 0.263. The summed E-state index contributed by atoms with van der Waals surface area (Å²) < 4.78 is 18.6. The lowest BCUT2D eigenvalue weighted by Crippen LogP contribution is -1.90. The van der Waals surface area contributed by atoms with E-state index in [4.69, 9.17) is 4.74 Å². The van der Waals surface area contributed by atoms with Crippen LogP contribution in [0.5, 0.6) is 5.75 Å². The van der Waals surface area contributed by atoms with Crippen LogP contribution in [0.3, 0.4) is 0 Å². The van der Waals surface area contributed by atoms with Gasteiger partial charge >= 0.3 is 0 Å². The number of rotatable bonds is 2. The van der Waals surface area contributed by atoms with Gasteiger partial charge in [-0.1, -0.05) is 12.1 Å². The van der Waals surface area contributed by atoms with Crippen LogP contribution in [0.15, 0.2) is 48.9 Å². The molecule has 4 heteroatoms. The van der Waals surface area contributed by atoms with Crippen LogP contribution in [0, 0.1) is 5.82 Å². The molecule has 3 aromatic rings. The van der Waals surface area contributed by atoms with E-state index in [2.05, 4.69) is 9.97 Å². The third-order valence-electron chi connectivity index (χ3n) is 2.95. The van der Waals surface area contributed by atoms with Crippen LogP contribution in [0.2, 0.25) is 0 Å². The van der Waals surface area contributed by atoms with E-state index in [0.29, 0.717) is 5.75 Å². The van der Waals surface area contributed by atoms with Gasteiger partial charge in [0.2, 0.25) is 0 Å². The lowest BCUT2D eigenvalue weighted by molar-refractivity contribution is 0.419. The van der Waals surface area contributed by atoms with Gasteiger partial charge in [0.05, 0.1) is 7.11 Å². The predicted molar refractivity (Wildman–Crippen MR) is 71.5 cm³/mol. The number of methoxy groups -OCH3 is 1. The molecule has 0 aliphatic heterocycles. The van der Waals surface area contributed by atoms with E-state index in [0.717, 1.165) is 22.0 Å². The van der Waals surface area contributed by atoms with E-state index in [-0.39, 0.29) is 5.82 Å². The first-order chi connectivity index (χ1) is 9.28. The molecule has 0 N–H and O–H groups in total. The number of nitrogens with zero attached hydrogens (tertiary/aromatic N) is 2. The second kappa shape index (κ2) is 4.65. The summed E-state index contributed by atoms with van der Waals surface area (Å²) in [5, 5.41) is 0.862. The molecular formula is C15H11FN2O. The van der Waals surface area contributed by atoms with Crippen molar-refractivity contribution in [3.8, 4) is 16.9 Å². The van der Waals surface area contributed by atoms with Crippen molar-refractivity contribution in [1.82, 2.24) is 9.97 Å². The molecule has 0 saturated carbocycles. The van der Waals surface area contributed by atoms with Gasteiger partial charge in [0.1, 0.15) is 23.4 Å². The fourth-order valence-corrected chi connectivity index (χ4v) is 2.06. The minimum atomic E-state index is -0.263. The molecular weight excluding hydrogens is 243 g/mol. The Kier molecular flexibility index (Phi) is 2.83. The summed E-state index contributed by atoms with van der Waals surface area (Å²) in [4.78, 5) is 8.19. The Morgan fingerprint density at radius 2 is 2.00 bits per heavy atom. The Balaban J connectivity index is 2.25. The fraction of sp³-hybridized carbons (Fsp3) is 0.0667. The maximum absolute atomic E-state index is 13.3. The second-order valence-corrected chi connectivity index (χ2v) is 4.15. The van der Waals surface area contributed by atoms with Crippen LogP contribution >= 0.6 is 0 Å². The fourth-order valence-electron chi connectivity index (χ4n) is 2.06. The normalized spacial score (nSPS) is 10.6. The number of hydrogen-bond acceptors (Lipinski definition) is 3. The van der Waals surface area contributed by atoms with Crippen molar-refractivity contribution < 1.29 is 9.13 Å². The third kappa shape index (κ3) is 2.12. The van der Waals surface area contributed by atoms with Crippen LogP contribution < -0.4 is 4.74 Å². The highest BCUT2D eigenvalue weighted by Gasteiger charge is 2.07. The second-order valence-electron chi connectivity index (χ2n) is 4.15. The molecule has 0 fully saturated rings. The SMILES string of the molecule is COc1cc(-c2cccc(F)c2)cc2cncnc12. The summed E-state index contributed by atoms with van der Waals surface area (Å²) in [6.07, 6.45) is 3.19. The zero-order valence-electron chi connectivity index (χ0n) is 10.3. The Bertz CT molecular complexity index is 743. The van der Waals surface area contributed by atoms with Crippen LogP contribution in [0.4, 0.5) is 4.39 Å². The molecule has 0 radical (unpaired) electrons. The molecule has 2 aromatic carbocycles. The molecule has 3 rings (SSSR count). The molecule has 1 aromatic heterocycles. The molecule has 19 heavy (non-hydrogen) atoms. The Hall–Kier alpha value is -2.49. The first-order valence-corrected chi connectivity index (χ1v) is 5.81. The van der Waals surface area contributed by atoms with Gasteiger partial charge in [-0.2, -0.15) is 0 Å². The molecule has 94 valence electrons. The van der Waals surface area contributed by atoms with Crippen LogP contribution in [0.1, 0.15) is 0 Å². The van der Waals surface area contributed by atoms with Gasteiger partial charge in [-0.3, -0.25) is 0 Å². The quantitative estimate of drug-likeness (QED) is 0.702. The Morgan fingerprint density at radius 3 is 2.79 bits per heavy atom. The number of benzene rings is 2. The van der Waals surface area contributed by atoms with Gasteiger partial charge in [-0.15, -0.1) is 0 Å².